The summed E-state index contributed by atoms with van der Waals surface area (Å²) in [4.78, 5) is 18.6. The molecular formula is C19H17N3O2S. The number of aromatic nitrogens is 2. The van der Waals surface area contributed by atoms with Crippen molar-refractivity contribution in [2.45, 2.75) is 12.8 Å². The van der Waals surface area contributed by atoms with Crippen molar-refractivity contribution in [3.8, 4) is 21.8 Å². The van der Waals surface area contributed by atoms with Crippen molar-refractivity contribution in [2.75, 3.05) is 13.1 Å². The number of hydrogen-bond donors (Lipinski definition) is 0. The van der Waals surface area contributed by atoms with Gasteiger partial charge in [0.1, 0.15) is 5.69 Å². The van der Waals surface area contributed by atoms with Gasteiger partial charge < -0.3 is 10.1 Å². The fraction of sp³-hybridized carbons (Fsp3) is 0.211. The van der Waals surface area contributed by atoms with Gasteiger partial charge in [-0.3, -0.25) is 4.79 Å². The third-order valence-corrected chi connectivity index (χ3v) is 5.22. The van der Waals surface area contributed by atoms with Gasteiger partial charge in [-0.2, -0.15) is 4.73 Å². The van der Waals surface area contributed by atoms with E-state index in [0.29, 0.717) is 16.4 Å². The molecule has 1 amide bonds. The first-order valence-corrected chi connectivity index (χ1v) is 9.14. The van der Waals surface area contributed by atoms with E-state index in [1.54, 1.807) is 17.6 Å². The molecule has 0 spiro atoms. The van der Waals surface area contributed by atoms with E-state index in [1.165, 1.54) is 11.3 Å². The van der Waals surface area contributed by atoms with Crippen LogP contribution < -0.4 is 4.73 Å². The zero-order valence-electron chi connectivity index (χ0n) is 13.6. The van der Waals surface area contributed by atoms with Crippen molar-refractivity contribution in [2.24, 2.45) is 0 Å². The number of likely N-dealkylation sites (tertiary alicyclic amines) is 1. The zero-order chi connectivity index (χ0) is 17.2. The fourth-order valence-electron chi connectivity index (χ4n) is 3.02. The maximum Gasteiger partial charge on any atom is 0.273 e. The Labute approximate surface area is 149 Å². The van der Waals surface area contributed by atoms with Crippen LogP contribution in [0.1, 0.15) is 23.3 Å². The highest BCUT2D eigenvalue weighted by molar-refractivity contribution is 7.13. The number of carbonyl (C=O) groups is 1. The number of hydrogen-bond acceptors (Lipinski definition) is 4. The molecule has 5 nitrogen and oxygen atoms in total. The van der Waals surface area contributed by atoms with Crippen molar-refractivity contribution >= 4 is 17.2 Å². The average Bonchev–Trinajstić information content (AvgIpc) is 3.34. The minimum atomic E-state index is -0.0432. The van der Waals surface area contributed by atoms with Crippen molar-refractivity contribution in [3.05, 3.63) is 64.9 Å². The normalized spacial score (nSPS) is 14.0. The summed E-state index contributed by atoms with van der Waals surface area (Å²) in [7, 11) is 0. The van der Waals surface area contributed by atoms with E-state index in [0.717, 1.165) is 41.8 Å². The van der Waals surface area contributed by atoms with Gasteiger partial charge in [0, 0.05) is 30.1 Å². The summed E-state index contributed by atoms with van der Waals surface area (Å²) in [6.45, 7) is 1.58. The third-order valence-electron chi connectivity index (χ3n) is 4.36. The number of pyridine rings is 1. The molecule has 25 heavy (non-hydrogen) atoms. The highest BCUT2D eigenvalue weighted by Crippen LogP contribution is 2.25. The van der Waals surface area contributed by atoms with Crippen LogP contribution in [-0.2, 0) is 0 Å². The smallest absolute Gasteiger partial charge is 0.273 e. The fourth-order valence-corrected chi connectivity index (χ4v) is 3.83. The lowest BCUT2D eigenvalue weighted by molar-refractivity contribution is -0.593. The lowest BCUT2D eigenvalue weighted by Crippen LogP contribution is -2.29. The first-order valence-electron chi connectivity index (χ1n) is 8.26. The maximum atomic E-state index is 12.4. The van der Waals surface area contributed by atoms with E-state index < -0.39 is 0 Å². The average molecular weight is 351 g/mol. The van der Waals surface area contributed by atoms with Crippen molar-refractivity contribution in [3.63, 3.8) is 0 Å². The minimum absolute atomic E-state index is 0.0432. The molecule has 0 saturated carbocycles. The third kappa shape index (κ3) is 3.13. The summed E-state index contributed by atoms with van der Waals surface area (Å²) in [5.41, 5.74) is 2.73. The summed E-state index contributed by atoms with van der Waals surface area (Å²) in [6.07, 6.45) is 3.64. The molecule has 1 aliphatic rings. The number of carbonyl (C=O) groups excluding carboxylic acids is 1. The Morgan fingerprint density at radius 2 is 1.84 bits per heavy atom. The van der Waals surface area contributed by atoms with Crippen LogP contribution in [0.15, 0.2) is 54.0 Å². The summed E-state index contributed by atoms with van der Waals surface area (Å²) >= 11 is 1.33. The molecule has 1 saturated heterocycles. The van der Waals surface area contributed by atoms with Gasteiger partial charge in [-0.15, -0.1) is 11.3 Å². The second kappa shape index (κ2) is 6.64. The lowest BCUT2D eigenvalue weighted by atomic mass is 10.1. The Bertz CT molecular complexity index is 902. The number of thiazole rings is 1. The van der Waals surface area contributed by atoms with E-state index in [2.05, 4.69) is 4.98 Å². The molecule has 1 fully saturated rings. The van der Waals surface area contributed by atoms with Crippen LogP contribution in [0.25, 0.3) is 21.8 Å². The van der Waals surface area contributed by atoms with E-state index >= 15 is 0 Å². The molecule has 126 valence electrons. The molecule has 0 radical (unpaired) electrons. The molecule has 0 unspecified atom stereocenters. The van der Waals surface area contributed by atoms with E-state index in [4.69, 9.17) is 0 Å². The van der Waals surface area contributed by atoms with Crippen LogP contribution in [0, 0.1) is 5.21 Å². The van der Waals surface area contributed by atoms with Gasteiger partial charge in [0.25, 0.3) is 11.6 Å². The maximum absolute atomic E-state index is 12.4. The molecule has 0 atom stereocenters. The largest absolute Gasteiger partial charge is 0.618 e. The van der Waals surface area contributed by atoms with Gasteiger partial charge in [0.15, 0.2) is 11.2 Å². The molecule has 4 rings (SSSR count). The number of rotatable bonds is 3. The van der Waals surface area contributed by atoms with E-state index in [1.807, 2.05) is 41.3 Å². The Morgan fingerprint density at radius 3 is 2.56 bits per heavy atom. The van der Waals surface area contributed by atoms with Gasteiger partial charge >= 0.3 is 0 Å². The molecule has 0 bridgehead atoms. The molecule has 0 N–H and O–H groups in total. The van der Waals surface area contributed by atoms with Gasteiger partial charge in [-0.05, 0) is 24.5 Å². The Morgan fingerprint density at radius 1 is 1.08 bits per heavy atom. The standard InChI is InChI=1S/C19H17N3O2S/c23-19(21-10-4-5-11-21)16-13-25-18(20-16)17-9-8-15(12-22(17)24)14-6-2-1-3-7-14/h1-3,6-9,12-13H,4-5,10-11H2. The summed E-state index contributed by atoms with van der Waals surface area (Å²) in [5, 5.41) is 14.7. The van der Waals surface area contributed by atoms with Gasteiger partial charge in [0.05, 0.1) is 0 Å². The van der Waals surface area contributed by atoms with Gasteiger partial charge in [-0.1, -0.05) is 30.3 Å². The molecule has 3 heterocycles. The molecule has 3 aromatic rings. The number of benzene rings is 1. The van der Waals surface area contributed by atoms with Crippen molar-refractivity contribution in [1.29, 1.82) is 0 Å². The van der Waals surface area contributed by atoms with Gasteiger partial charge in [0.2, 0.25) is 0 Å². The van der Waals surface area contributed by atoms with Crippen LogP contribution in [0.5, 0.6) is 0 Å². The summed E-state index contributed by atoms with van der Waals surface area (Å²) in [5.74, 6) is -0.0432. The predicted octanol–water partition coefficient (Wildman–Crippen LogP) is 3.35. The lowest BCUT2D eigenvalue weighted by Gasteiger charge is -2.12. The van der Waals surface area contributed by atoms with Crippen LogP contribution in [0.4, 0.5) is 0 Å². The highest BCUT2D eigenvalue weighted by Gasteiger charge is 2.23. The molecular weight excluding hydrogens is 334 g/mol. The SMILES string of the molecule is O=C(c1csc(-c2ccc(-c3ccccc3)c[n+]2[O-])n1)N1CCCC1. The van der Waals surface area contributed by atoms with Crippen LogP contribution >= 0.6 is 11.3 Å². The molecule has 2 aromatic heterocycles. The molecule has 1 aromatic carbocycles. The summed E-state index contributed by atoms with van der Waals surface area (Å²) in [6, 6.07) is 13.4. The topological polar surface area (TPSA) is 60.1 Å². The minimum Gasteiger partial charge on any atom is -0.618 e. The second-order valence-electron chi connectivity index (χ2n) is 6.03. The molecule has 6 heteroatoms. The second-order valence-corrected chi connectivity index (χ2v) is 6.89. The summed E-state index contributed by atoms with van der Waals surface area (Å²) < 4.78 is 0.825. The number of amides is 1. The monoisotopic (exact) mass is 351 g/mol. The highest BCUT2D eigenvalue weighted by atomic mass is 32.1. The number of nitrogens with zero attached hydrogens (tertiary/aromatic N) is 3. The Balaban J connectivity index is 1.61. The van der Waals surface area contributed by atoms with Crippen LogP contribution in [0.2, 0.25) is 0 Å². The Kier molecular flexibility index (Phi) is 4.19. The van der Waals surface area contributed by atoms with Crippen LogP contribution in [0.3, 0.4) is 0 Å². The van der Waals surface area contributed by atoms with E-state index in [-0.39, 0.29) is 5.91 Å². The van der Waals surface area contributed by atoms with Crippen LogP contribution in [-0.4, -0.2) is 28.9 Å². The molecule has 1 aliphatic heterocycles. The molecule has 0 aliphatic carbocycles. The first-order chi connectivity index (χ1) is 12.2. The van der Waals surface area contributed by atoms with E-state index in [9.17, 15) is 10.0 Å². The zero-order valence-corrected chi connectivity index (χ0v) is 14.4. The first kappa shape index (κ1) is 15.8. The Hall–Kier alpha value is -2.73. The predicted molar refractivity (Wildman–Crippen MR) is 97.1 cm³/mol. The quantitative estimate of drug-likeness (QED) is 0.537. The van der Waals surface area contributed by atoms with Crippen molar-refractivity contribution < 1.29 is 9.52 Å². The van der Waals surface area contributed by atoms with Crippen molar-refractivity contribution in [1.82, 2.24) is 9.88 Å². The van der Waals surface area contributed by atoms with Gasteiger partial charge in [-0.25, -0.2) is 4.98 Å².